The van der Waals surface area contributed by atoms with E-state index in [9.17, 15) is 14.4 Å². The van der Waals surface area contributed by atoms with E-state index >= 15 is 0 Å². The van der Waals surface area contributed by atoms with Crippen LogP contribution in [0.4, 0.5) is 0 Å². The van der Waals surface area contributed by atoms with Gasteiger partial charge in [-0.3, -0.25) is 9.36 Å². The highest BCUT2D eigenvalue weighted by atomic mass is 16.5. The zero-order valence-corrected chi connectivity index (χ0v) is 11.0. The van der Waals surface area contributed by atoms with Crippen molar-refractivity contribution in [3.05, 3.63) is 34.2 Å². The molecular weight excluding hydrogens is 260 g/mol. The first kappa shape index (κ1) is 12.7. The molecule has 0 saturated heterocycles. The number of rotatable bonds is 4. The first-order valence-corrected chi connectivity index (χ1v) is 6.57. The number of nitrogens with zero attached hydrogens (tertiary/aromatic N) is 1. The second-order valence-electron chi connectivity index (χ2n) is 4.81. The van der Waals surface area contributed by atoms with E-state index in [0.717, 1.165) is 18.4 Å². The third-order valence-corrected chi connectivity index (χ3v) is 3.35. The molecule has 1 saturated carbocycles. The minimum atomic E-state index is -0.879. The van der Waals surface area contributed by atoms with Gasteiger partial charge in [0.15, 0.2) is 0 Å². The molecule has 0 radical (unpaired) electrons. The van der Waals surface area contributed by atoms with Gasteiger partial charge in [-0.1, -0.05) is 0 Å². The van der Waals surface area contributed by atoms with Crippen molar-refractivity contribution in [2.45, 2.75) is 25.8 Å². The van der Waals surface area contributed by atoms with E-state index in [-0.39, 0.29) is 23.9 Å². The Morgan fingerprint density at radius 3 is 2.80 bits per heavy atom. The van der Waals surface area contributed by atoms with Crippen LogP contribution in [-0.4, -0.2) is 27.9 Å². The summed E-state index contributed by atoms with van der Waals surface area (Å²) in [4.78, 5) is 37.9. The van der Waals surface area contributed by atoms with Crippen LogP contribution in [-0.2, 0) is 9.53 Å². The number of nitrogens with one attached hydrogen (secondary N) is 1. The Morgan fingerprint density at radius 1 is 1.40 bits per heavy atom. The van der Waals surface area contributed by atoms with E-state index in [1.807, 2.05) is 0 Å². The lowest BCUT2D eigenvalue weighted by Gasteiger charge is -2.02. The monoisotopic (exact) mass is 274 g/mol. The summed E-state index contributed by atoms with van der Waals surface area (Å²) in [6, 6.07) is 5.02. The van der Waals surface area contributed by atoms with E-state index in [1.54, 1.807) is 23.6 Å². The topological polar surface area (TPSA) is 81.2 Å². The van der Waals surface area contributed by atoms with Crippen LogP contribution < -0.4 is 5.69 Å². The maximum Gasteiger partial charge on any atom is 0.379 e. The first-order valence-electron chi connectivity index (χ1n) is 6.57. The van der Waals surface area contributed by atoms with Crippen molar-refractivity contribution in [1.29, 1.82) is 0 Å². The predicted molar refractivity (Wildman–Crippen MR) is 71.8 cm³/mol. The van der Waals surface area contributed by atoms with Crippen LogP contribution in [0.2, 0.25) is 0 Å². The molecule has 3 rings (SSSR count). The minimum absolute atomic E-state index is 0.154. The molecule has 20 heavy (non-hydrogen) atoms. The number of ether oxygens (including phenoxy) is 1. The number of H-pyrrole nitrogens is 1. The van der Waals surface area contributed by atoms with Gasteiger partial charge in [-0.15, -0.1) is 0 Å². The number of aromatic amines is 1. The molecule has 0 spiro atoms. The molecule has 2 aromatic rings. The van der Waals surface area contributed by atoms with E-state index in [0.29, 0.717) is 5.52 Å². The molecule has 0 unspecified atom stereocenters. The lowest BCUT2D eigenvalue weighted by molar-refractivity contribution is -0.137. The van der Waals surface area contributed by atoms with Gasteiger partial charge in [0.1, 0.15) is 0 Å². The third-order valence-electron chi connectivity index (χ3n) is 3.35. The normalized spacial score (nSPS) is 14.4. The van der Waals surface area contributed by atoms with Gasteiger partial charge in [0.2, 0.25) is 0 Å². The zero-order valence-electron chi connectivity index (χ0n) is 11.0. The predicted octanol–water partition coefficient (Wildman–Crippen LogP) is 1.41. The average Bonchev–Trinajstić information content (AvgIpc) is 3.20. The highest BCUT2D eigenvalue weighted by molar-refractivity contribution is 6.40. The fourth-order valence-electron chi connectivity index (χ4n) is 2.28. The molecule has 1 aromatic carbocycles. The summed E-state index contributed by atoms with van der Waals surface area (Å²) in [5.74, 6) is -1.58. The van der Waals surface area contributed by atoms with Gasteiger partial charge in [-0.25, -0.2) is 9.59 Å². The van der Waals surface area contributed by atoms with Gasteiger partial charge in [0, 0.05) is 11.6 Å². The molecule has 1 heterocycles. The summed E-state index contributed by atoms with van der Waals surface area (Å²) in [7, 11) is 0. The van der Waals surface area contributed by atoms with Crippen LogP contribution in [0.25, 0.3) is 11.0 Å². The van der Waals surface area contributed by atoms with Gasteiger partial charge in [-0.2, -0.15) is 0 Å². The summed E-state index contributed by atoms with van der Waals surface area (Å²) in [5, 5.41) is 0. The Balaban J connectivity index is 2.01. The Morgan fingerprint density at radius 2 is 2.15 bits per heavy atom. The van der Waals surface area contributed by atoms with Crippen molar-refractivity contribution in [2.24, 2.45) is 0 Å². The molecule has 1 fully saturated rings. The number of Topliss-reactive ketones (excluding diaryl/α,β-unsaturated/α-hetero) is 1. The van der Waals surface area contributed by atoms with Gasteiger partial charge in [-0.05, 0) is 38.0 Å². The Hall–Kier alpha value is -2.37. The van der Waals surface area contributed by atoms with E-state index < -0.39 is 11.8 Å². The van der Waals surface area contributed by atoms with Crippen LogP contribution in [0.1, 0.15) is 36.2 Å². The molecule has 6 heteroatoms. The van der Waals surface area contributed by atoms with Crippen molar-refractivity contribution in [3.8, 4) is 0 Å². The molecule has 0 aliphatic heterocycles. The summed E-state index contributed by atoms with van der Waals surface area (Å²) in [6.07, 6.45) is 1.99. The Bertz CT molecular complexity index is 752. The number of carbonyl (C=O) groups excluding carboxylic acids is 2. The van der Waals surface area contributed by atoms with Crippen molar-refractivity contribution in [1.82, 2.24) is 9.55 Å². The van der Waals surface area contributed by atoms with Gasteiger partial charge >= 0.3 is 11.7 Å². The quantitative estimate of drug-likeness (QED) is 0.519. The van der Waals surface area contributed by atoms with E-state index in [2.05, 4.69) is 9.72 Å². The molecule has 0 bridgehead atoms. The molecule has 1 aliphatic carbocycles. The maximum absolute atomic E-state index is 11.9. The third kappa shape index (κ3) is 2.03. The van der Waals surface area contributed by atoms with Crippen molar-refractivity contribution in [3.63, 3.8) is 0 Å². The van der Waals surface area contributed by atoms with Crippen LogP contribution in [0, 0.1) is 0 Å². The average molecular weight is 274 g/mol. The number of ketones is 1. The molecule has 1 aromatic heterocycles. The minimum Gasteiger partial charge on any atom is -0.460 e. The summed E-state index contributed by atoms with van der Waals surface area (Å²) in [5.41, 5.74) is 1.37. The summed E-state index contributed by atoms with van der Waals surface area (Å²) in [6.45, 7) is 1.79. The second kappa shape index (κ2) is 4.63. The van der Waals surface area contributed by atoms with Crippen LogP contribution in [0.5, 0.6) is 0 Å². The van der Waals surface area contributed by atoms with Gasteiger partial charge in [0.25, 0.3) is 5.78 Å². The summed E-state index contributed by atoms with van der Waals surface area (Å²) >= 11 is 0. The molecule has 1 aliphatic rings. The standard InChI is InChI=1S/C14H14N2O4/c1-2-20-13(18)12(17)8-3-6-11-10(7-8)15-14(19)16(11)9-4-5-9/h3,6-7,9H,2,4-5H2,1H3,(H,15,19). The van der Waals surface area contributed by atoms with Crippen LogP contribution >= 0.6 is 0 Å². The number of aromatic nitrogens is 2. The number of fused-ring (bicyclic) bond motifs is 1. The lowest BCUT2D eigenvalue weighted by Crippen LogP contribution is -2.17. The highest BCUT2D eigenvalue weighted by Crippen LogP contribution is 2.35. The smallest absolute Gasteiger partial charge is 0.379 e. The van der Waals surface area contributed by atoms with Gasteiger partial charge in [0.05, 0.1) is 17.6 Å². The number of carbonyl (C=O) groups is 2. The molecule has 0 atom stereocenters. The van der Waals surface area contributed by atoms with Crippen LogP contribution in [0.3, 0.4) is 0 Å². The van der Waals surface area contributed by atoms with Gasteiger partial charge < -0.3 is 9.72 Å². The van der Waals surface area contributed by atoms with E-state index in [4.69, 9.17) is 0 Å². The number of imidazole rings is 1. The molecule has 0 amide bonds. The van der Waals surface area contributed by atoms with Crippen molar-refractivity contribution in [2.75, 3.05) is 6.61 Å². The molecule has 6 nitrogen and oxygen atoms in total. The zero-order chi connectivity index (χ0) is 14.3. The summed E-state index contributed by atoms with van der Waals surface area (Å²) < 4.78 is 6.38. The fraction of sp³-hybridized carbons (Fsp3) is 0.357. The largest absolute Gasteiger partial charge is 0.460 e. The second-order valence-corrected chi connectivity index (χ2v) is 4.81. The van der Waals surface area contributed by atoms with Crippen LogP contribution in [0.15, 0.2) is 23.0 Å². The first-order chi connectivity index (χ1) is 9.61. The van der Waals surface area contributed by atoms with Crippen molar-refractivity contribution < 1.29 is 14.3 Å². The Labute approximate surface area is 114 Å². The molecular formula is C14H14N2O4. The number of hydrogen-bond acceptors (Lipinski definition) is 4. The Kier molecular flexibility index (Phi) is 2.93. The SMILES string of the molecule is CCOC(=O)C(=O)c1ccc2c(c1)[nH]c(=O)n2C1CC1. The maximum atomic E-state index is 11.9. The number of esters is 1. The lowest BCUT2D eigenvalue weighted by atomic mass is 10.1. The molecule has 1 N–H and O–H groups in total. The highest BCUT2D eigenvalue weighted by Gasteiger charge is 2.27. The fourth-order valence-corrected chi connectivity index (χ4v) is 2.28. The number of hydrogen-bond donors (Lipinski definition) is 1. The number of benzene rings is 1. The molecule has 104 valence electrons. The van der Waals surface area contributed by atoms with E-state index in [1.165, 1.54) is 6.07 Å². The van der Waals surface area contributed by atoms with Crippen molar-refractivity contribution >= 4 is 22.8 Å².